The lowest BCUT2D eigenvalue weighted by Gasteiger charge is -2.32. The monoisotopic (exact) mass is 379 g/mol. The van der Waals surface area contributed by atoms with Crippen LogP contribution in [0.5, 0.6) is 0 Å². The molecule has 1 aromatic heterocycles. The van der Waals surface area contributed by atoms with Gasteiger partial charge in [0.15, 0.2) is 0 Å². The molecule has 0 unspecified atom stereocenters. The Labute approximate surface area is 164 Å². The third-order valence-electron chi connectivity index (χ3n) is 5.80. The number of aromatic nitrogens is 2. The Morgan fingerprint density at radius 3 is 2.64 bits per heavy atom. The van der Waals surface area contributed by atoms with E-state index in [1.807, 2.05) is 37.3 Å². The van der Waals surface area contributed by atoms with Crippen LogP contribution >= 0.6 is 0 Å². The van der Waals surface area contributed by atoms with Crippen molar-refractivity contribution in [1.29, 1.82) is 0 Å². The zero-order valence-electron chi connectivity index (χ0n) is 16.2. The van der Waals surface area contributed by atoms with Crippen LogP contribution in [0.2, 0.25) is 0 Å². The Morgan fingerprint density at radius 1 is 1.14 bits per heavy atom. The van der Waals surface area contributed by atoms with E-state index in [4.69, 9.17) is 0 Å². The van der Waals surface area contributed by atoms with Crippen LogP contribution in [0.3, 0.4) is 0 Å². The molecule has 0 aliphatic carbocycles. The van der Waals surface area contributed by atoms with Gasteiger partial charge in [0, 0.05) is 6.42 Å². The Hall–Kier alpha value is -2.53. The molecule has 0 atom stereocenters. The predicted molar refractivity (Wildman–Crippen MR) is 110 cm³/mol. The van der Waals surface area contributed by atoms with Gasteiger partial charge in [-0.25, -0.2) is 9.37 Å². The number of fused-ring (bicyclic) bond motifs is 1. The number of nitrogens with zero attached hydrogens (tertiary/aromatic N) is 2. The molecule has 1 N–H and O–H groups in total. The lowest BCUT2D eigenvalue weighted by molar-refractivity contribution is 0.210. The van der Waals surface area contributed by atoms with Crippen LogP contribution in [-0.2, 0) is 6.42 Å². The summed E-state index contributed by atoms with van der Waals surface area (Å²) in [7, 11) is 0. The van der Waals surface area contributed by atoms with Crippen molar-refractivity contribution in [3.8, 4) is 0 Å². The van der Waals surface area contributed by atoms with Crippen molar-refractivity contribution in [3.05, 3.63) is 75.6 Å². The van der Waals surface area contributed by atoms with Crippen molar-refractivity contribution < 1.29 is 4.39 Å². The fraction of sp³-hybridized carbons (Fsp3) is 0.391. The molecule has 0 spiro atoms. The van der Waals surface area contributed by atoms with Gasteiger partial charge in [-0.3, -0.25) is 4.79 Å². The smallest absolute Gasteiger partial charge is 0.258 e. The maximum atomic E-state index is 13.1. The molecule has 0 amide bonds. The average Bonchev–Trinajstić information content (AvgIpc) is 2.70. The van der Waals surface area contributed by atoms with Gasteiger partial charge < -0.3 is 9.88 Å². The van der Waals surface area contributed by atoms with E-state index in [1.54, 1.807) is 12.1 Å². The molecule has 4 nitrogen and oxygen atoms in total. The van der Waals surface area contributed by atoms with Gasteiger partial charge in [0.05, 0.1) is 10.9 Å². The standard InChI is InChI=1S/C23H26FN3O/c1-16-4-2-5-20-22(16)25-21(26-23(20)28)6-3-13-27-14-11-18(12-15-27)17-7-9-19(24)10-8-17/h2,4-5,7-10,18H,3,6,11-15H2,1H3,(H,25,26,28). The number of halogens is 1. The van der Waals surface area contributed by atoms with E-state index in [2.05, 4.69) is 14.9 Å². The number of likely N-dealkylation sites (tertiary alicyclic amines) is 1. The summed E-state index contributed by atoms with van der Waals surface area (Å²) in [5.41, 5.74) is 3.03. The molecule has 1 saturated heterocycles. The Kier molecular flexibility index (Phi) is 5.53. The highest BCUT2D eigenvalue weighted by Crippen LogP contribution is 2.28. The summed E-state index contributed by atoms with van der Waals surface area (Å²) in [6.07, 6.45) is 3.96. The molecule has 1 fully saturated rings. The van der Waals surface area contributed by atoms with Gasteiger partial charge in [-0.2, -0.15) is 0 Å². The minimum atomic E-state index is -0.170. The first-order valence-corrected chi connectivity index (χ1v) is 10.1. The maximum absolute atomic E-state index is 13.1. The first kappa shape index (κ1) is 18.8. The molecule has 0 bridgehead atoms. The van der Waals surface area contributed by atoms with Gasteiger partial charge in [-0.1, -0.05) is 24.3 Å². The van der Waals surface area contributed by atoms with Crippen molar-refractivity contribution in [2.45, 2.75) is 38.5 Å². The summed E-state index contributed by atoms with van der Waals surface area (Å²) >= 11 is 0. The molecule has 2 aromatic carbocycles. The molecule has 0 saturated carbocycles. The molecule has 3 aromatic rings. The number of benzene rings is 2. The molecule has 0 radical (unpaired) electrons. The van der Waals surface area contributed by atoms with Crippen LogP contribution in [0.25, 0.3) is 10.9 Å². The number of rotatable bonds is 5. The Bertz CT molecular complexity index is 1000. The van der Waals surface area contributed by atoms with Crippen molar-refractivity contribution in [3.63, 3.8) is 0 Å². The van der Waals surface area contributed by atoms with Gasteiger partial charge in [0.1, 0.15) is 11.6 Å². The summed E-state index contributed by atoms with van der Waals surface area (Å²) in [4.78, 5) is 22.4. The minimum absolute atomic E-state index is 0.0520. The van der Waals surface area contributed by atoms with Gasteiger partial charge >= 0.3 is 0 Å². The molecule has 4 rings (SSSR count). The van der Waals surface area contributed by atoms with E-state index in [9.17, 15) is 9.18 Å². The van der Waals surface area contributed by atoms with E-state index < -0.39 is 0 Å². The number of para-hydroxylation sites is 1. The summed E-state index contributed by atoms with van der Waals surface area (Å²) in [5, 5.41) is 0.659. The minimum Gasteiger partial charge on any atom is -0.310 e. The average molecular weight is 379 g/mol. The Balaban J connectivity index is 1.30. The number of H-pyrrole nitrogens is 1. The van der Waals surface area contributed by atoms with Crippen LogP contribution < -0.4 is 5.56 Å². The summed E-state index contributed by atoms with van der Waals surface area (Å²) in [5.74, 6) is 1.13. The topological polar surface area (TPSA) is 49.0 Å². The van der Waals surface area contributed by atoms with Gasteiger partial charge in [0.25, 0.3) is 5.56 Å². The lowest BCUT2D eigenvalue weighted by atomic mass is 9.89. The van der Waals surface area contributed by atoms with E-state index in [0.717, 1.165) is 62.2 Å². The van der Waals surface area contributed by atoms with Crippen LogP contribution in [0.4, 0.5) is 4.39 Å². The number of nitrogens with one attached hydrogen (secondary N) is 1. The first-order chi connectivity index (χ1) is 13.6. The Morgan fingerprint density at radius 2 is 1.89 bits per heavy atom. The highest BCUT2D eigenvalue weighted by molar-refractivity contribution is 5.80. The number of piperidine rings is 1. The molecule has 2 heterocycles. The maximum Gasteiger partial charge on any atom is 0.258 e. The van der Waals surface area contributed by atoms with E-state index in [1.165, 1.54) is 5.56 Å². The van der Waals surface area contributed by atoms with Crippen molar-refractivity contribution >= 4 is 10.9 Å². The summed E-state index contributed by atoms with van der Waals surface area (Å²) < 4.78 is 13.1. The van der Waals surface area contributed by atoms with Gasteiger partial charge in [-0.15, -0.1) is 0 Å². The molecular weight excluding hydrogens is 353 g/mol. The number of aromatic amines is 1. The normalized spacial score (nSPS) is 15.9. The van der Waals surface area contributed by atoms with Gasteiger partial charge in [0.2, 0.25) is 0 Å². The number of hydrogen-bond donors (Lipinski definition) is 1. The first-order valence-electron chi connectivity index (χ1n) is 10.1. The highest BCUT2D eigenvalue weighted by Gasteiger charge is 2.20. The molecular formula is C23H26FN3O. The number of hydrogen-bond acceptors (Lipinski definition) is 3. The van der Waals surface area contributed by atoms with E-state index >= 15 is 0 Å². The lowest BCUT2D eigenvalue weighted by Crippen LogP contribution is -2.34. The zero-order valence-corrected chi connectivity index (χ0v) is 16.2. The second-order valence-corrected chi connectivity index (χ2v) is 7.75. The summed E-state index contributed by atoms with van der Waals surface area (Å²) in [6.45, 7) is 5.11. The summed E-state index contributed by atoms with van der Waals surface area (Å²) in [6, 6.07) is 12.6. The van der Waals surface area contributed by atoms with Crippen molar-refractivity contribution in [2.24, 2.45) is 0 Å². The molecule has 146 valence electrons. The fourth-order valence-electron chi connectivity index (χ4n) is 4.17. The fourth-order valence-corrected chi connectivity index (χ4v) is 4.17. The SMILES string of the molecule is Cc1cccc2c(=O)[nH]c(CCCN3CCC(c4ccc(F)cc4)CC3)nc12. The molecule has 1 aliphatic rings. The molecule has 1 aliphatic heterocycles. The quantitative estimate of drug-likeness (QED) is 0.723. The molecule has 5 heteroatoms. The van der Waals surface area contributed by atoms with Crippen LogP contribution in [0.1, 0.15) is 42.1 Å². The van der Waals surface area contributed by atoms with Crippen LogP contribution in [-0.4, -0.2) is 34.5 Å². The third-order valence-corrected chi connectivity index (χ3v) is 5.80. The van der Waals surface area contributed by atoms with Crippen LogP contribution in [0, 0.1) is 12.7 Å². The second kappa shape index (κ2) is 8.23. The van der Waals surface area contributed by atoms with E-state index in [0.29, 0.717) is 11.3 Å². The third kappa shape index (κ3) is 4.14. The highest BCUT2D eigenvalue weighted by atomic mass is 19.1. The van der Waals surface area contributed by atoms with Crippen molar-refractivity contribution in [2.75, 3.05) is 19.6 Å². The predicted octanol–water partition coefficient (Wildman–Crippen LogP) is 4.18. The zero-order chi connectivity index (χ0) is 19.5. The van der Waals surface area contributed by atoms with E-state index in [-0.39, 0.29) is 11.4 Å². The van der Waals surface area contributed by atoms with Gasteiger partial charge in [-0.05, 0) is 81.1 Å². The molecule has 28 heavy (non-hydrogen) atoms. The number of aryl methyl sites for hydroxylation is 2. The largest absolute Gasteiger partial charge is 0.310 e. The second-order valence-electron chi connectivity index (χ2n) is 7.75. The van der Waals surface area contributed by atoms with Crippen LogP contribution in [0.15, 0.2) is 47.3 Å². The van der Waals surface area contributed by atoms with Crippen molar-refractivity contribution in [1.82, 2.24) is 14.9 Å².